The summed E-state index contributed by atoms with van der Waals surface area (Å²) >= 11 is 0. The summed E-state index contributed by atoms with van der Waals surface area (Å²) in [5, 5.41) is 6.57. The molecule has 2 rings (SSSR count). The molecule has 0 spiro atoms. The fraction of sp³-hybridized carbons (Fsp3) is 0.714. The number of anilines is 2. The van der Waals surface area contributed by atoms with Crippen LogP contribution in [-0.2, 0) is 0 Å². The predicted molar refractivity (Wildman–Crippen MR) is 76.0 cm³/mol. The van der Waals surface area contributed by atoms with Crippen LogP contribution in [0.4, 0.5) is 11.6 Å². The van der Waals surface area contributed by atoms with Gasteiger partial charge in [-0.1, -0.05) is 19.8 Å². The van der Waals surface area contributed by atoms with Crippen LogP contribution in [0.5, 0.6) is 0 Å². The van der Waals surface area contributed by atoms with E-state index in [1.165, 1.54) is 32.1 Å². The summed E-state index contributed by atoms with van der Waals surface area (Å²) in [4.78, 5) is 8.75. The Labute approximate surface area is 110 Å². The van der Waals surface area contributed by atoms with Gasteiger partial charge in [0, 0.05) is 19.7 Å². The molecule has 1 aromatic rings. The number of nitrogens with zero attached hydrogens (tertiary/aromatic N) is 2. The van der Waals surface area contributed by atoms with E-state index in [4.69, 9.17) is 0 Å². The highest BCUT2D eigenvalue weighted by molar-refractivity contribution is 5.47. The summed E-state index contributed by atoms with van der Waals surface area (Å²) in [6.45, 7) is 5.26. The molecule has 0 unspecified atom stereocenters. The third-order valence-electron chi connectivity index (χ3n) is 4.15. The average molecular weight is 248 g/mol. The third kappa shape index (κ3) is 2.92. The molecule has 0 saturated heterocycles. The second-order valence-corrected chi connectivity index (χ2v) is 5.35. The maximum Gasteiger partial charge on any atom is 0.131 e. The first-order valence-electron chi connectivity index (χ1n) is 6.95. The lowest BCUT2D eigenvalue weighted by Crippen LogP contribution is -2.26. The zero-order chi connectivity index (χ0) is 13.0. The lowest BCUT2D eigenvalue weighted by atomic mass is 9.83. The Morgan fingerprint density at radius 2 is 1.89 bits per heavy atom. The fourth-order valence-electron chi connectivity index (χ4n) is 2.84. The van der Waals surface area contributed by atoms with Gasteiger partial charge in [0.1, 0.15) is 17.5 Å². The molecule has 0 radical (unpaired) electrons. The number of nitrogens with one attached hydrogen (secondary N) is 2. The van der Waals surface area contributed by atoms with Crippen molar-refractivity contribution in [1.82, 2.24) is 9.97 Å². The number of hydrogen-bond donors (Lipinski definition) is 2. The van der Waals surface area contributed by atoms with Gasteiger partial charge in [-0.15, -0.1) is 0 Å². The number of hydrogen-bond acceptors (Lipinski definition) is 4. The Hall–Kier alpha value is -1.32. The first kappa shape index (κ1) is 13.1. The molecule has 0 atom stereocenters. The van der Waals surface area contributed by atoms with Crippen molar-refractivity contribution in [3.8, 4) is 0 Å². The van der Waals surface area contributed by atoms with E-state index in [9.17, 15) is 0 Å². The second kappa shape index (κ2) is 5.55. The number of rotatable bonds is 5. The molecule has 1 saturated carbocycles. The maximum absolute atomic E-state index is 4.45. The van der Waals surface area contributed by atoms with E-state index in [0.717, 1.165) is 24.0 Å². The van der Waals surface area contributed by atoms with Crippen LogP contribution in [0.15, 0.2) is 6.07 Å². The van der Waals surface area contributed by atoms with Crippen molar-refractivity contribution >= 4 is 11.6 Å². The number of aryl methyl sites for hydroxylation is 1. The Bertz CT molecular complexity index is 397. The number of aromatic nitrogens is 2. The van der Waals surface area contributed by atoms with Crippen molar-refractivity contribution in [2.75, 3.05) is 24.2 Å². The maximum atomic E-state index is 4.45. The molecule has 1 aliphatic carbocycles. The van der Waals surface area contributed by atoms with Crippen LogP contribution in [0.2, 0.25) is 0 Å². The third-order valence-corrected chi connectivity index (χ3v) is 4.15. The van der Waals surface area contributed by atoms with Gasteiger partial charge in [0.25, 0.3) is 0 Å². The first-order chi connectivity index (χ1) is 8.67. The normalized spacial score (nSPS) is 17.7. The average Bonchev–Trinajstić information content (AvgIpc) is 2.85. The van der Waals surface area contributed by atoms with Crippen LogP contribution in [-0.4, -0.2) is 23.6 Å². The lowest BCUT2D eigenvalue weighted by molar-refractivity contribution is 0.306. The van der Waals surface area contributed by atoms with Gasteiger partial charge in [-0.05, 0) is 31.6 Å². The largest absolute Gasteiger partial charge is 0.373 e. The summed E-state index contributed by atoms with van der Waals surface area (Å²) in [7, 11) is 1.88. The molecule has 4 heteroatoms. The zero-order valence-electron chi connectivity index (χ0n) is 11.7. The molecule has 1 aliphatic rings. The Morgan fingerprint density at radius 1 is 1.22 bits per heavy atom. The van der Waals surface area contributed by atoms with Crippen molar-refractivity contribution < 1.29 is 0 Å². The van der Waals surface area contributed by atoms with Crippen LogP contribution in [0.1, 0.15) is 44.9 Å². The van der Waals surface area contributed by atoms with E-state index >= 15 is 0 Å². The quantitative estimate of drug-likeness (QED) is 0.840. The van der Waals surface area contributed by atoms with Gasteiger partial charge in [0.05, 0.1) is 0 Å². The van der Waals surface area contributed by atoms with Gasteiger partial charge < -0.3 is 10.6 Å². The minimum atomic E-state index is 0.485. The molecule has 2 N–H and O–H groups in total. The molecule has 18 heavy (non-hydrogen) atoms. The standard InChI is InChI=1S/C14H24N4/c1-4-14(7-5-6-8-14)10-16-13-9-12(15-3)17-11(2)18-13/h9H,4-8,10H2,1-3H3,(H2,15,16,17,18). The van der Waals surface area contributed by atoms with E-state index in [0.29, 0.717) is 5.41 Å². The van der Waals surface area contributed by atoms with E-state index < -0.39 is 0 Å². The van der Waals surface area contributed by atoms with E-state index in [-0.39, 0.29) is 0 Å². The molecule has 0 aromatic carbocycles. The van der Waals surface area contributed by atoms with Crippen molar-refractivity contribution in [3.63, 3.8) is 0 Å². The van der Waals surface area contributed by atoms with Crippen molar-refractivity contribution in [2.45, 2.75) is 46.0 Å². The van der Waals surface area contributed by atoms with Crippen LogP contribution >= 0.6 is 0 Å². The predicted octanol–water partition coefficient (Wildman–Crippen LogP) is 3.21. The molecule has 4 nitrogen and oxygen atoms in total. The Kier molecular flexibility index (Phi) is 4.04. The monoisotopic (exact) mass is 248 g/mol. The molecule has 1 fully saturated rings. The SMILES string of the molecule is CCC1(CNc2cc(NC)nc(C)n2)CCCC1. The molecule has 0 amide bonds. The molecule has 100 valence electrons. The van der Waals surface area contributed by atoms with Crippen LogP contribution in [0.25, 0.3) is 0 Å². The van der Waals surface area contributed by atoms with Gasteiger partial charge >= 0.3 is 0 Å². The van der Waals surface area contributed by atoms with Gasteiger partial charge in [0.2, 0.25) is 0 Å². The molecular weight excluding hydrogens is 224 g/mol. The highest BCUT2D eigenvalue weighted by Crippen LogP contribution is 2.40. The minimum Gasteiger partial charge on any atom is -0.373 e. The molecule has 0 bridgehead atoms. The van der Waals surface area contributed by atoms with E-state index in [1.807, 2.05) is 20.0 Å². The minimum absolute atomic E-state index is 0.485. The summed E-state index contributed by atoms with van der Waals surface area (Å²) in [6, 6.07) is 1.98. The van der Waals surface area contributed by atoms with Crippen molar-refractivity contribution in [1.29, 1.82) is 0 Å². The second-order valence-electron chi connectivity index (χ2n) is 5.35. The highest BCUT2D eigenvalue weighted by atomic mass is 15.1. The first-order valence-corrected chi connectivity index (χ1v) is 6.95. The van der Waals surface area contributed by atoms with Gasteiger partial charge in [-0.2, -0.15) is 0 Å². The zero-order valence-corrected chi connectivity index (χ0v) is 11.7. The van der Waals surface area contributed by atoms with Crippen LogP contribution < -0.4 is 10.6 Å². The van der Waals surface area contributed by atoms with Gasteiger partial charge in [0.15, 0.2) is 0 Å². The fourth-order valence-corrected chi connectivity index (χ4v) is 2.84. The molecule has 1 aromatic heterocycles. The molecular formula is C14H24N4. The summed E-state index contributed by atoms with van der Waals surface area (Å²) < 4.78 is 0. The highest BCUT2D eigenvalue weighted by Gasteiger charge is 2.31. The van der Waals surface area contributed by atoms with E-state index in [2.05, 4.69) is 27.5 Å². The summed E-state index contributed by atoms with van der Waals surface area (Å²) in [5.74, 6) is 2.62. The topological polar surface area (TPSA) is 49.8 Å². The van der Waals surface area contributed by atoms with E-state index in [1.54, 1.807) is 0 Å². The Morgan fingerprint density at radius 3 is 2.50 bits per heavy atom. The van der Waals surface area contributed by atoms with Crippen molar-refractivity contribution in [3.05, 3.63) is 11.9 Å². The molecule has 0 aliphatic heterocycles. The van der Waals surface area contributed by atoms with Crippen LogP contribution in [0, 0.1) is 12.3 Å². The molecule has 1 heterocycles. The van der Waals surface area contributed by atoms with Crippen molar-refractivity contribution in [2.24, 2.45) is 5.41 Å². The summed E-state index contributed by atoms with van der Waals surface area (Å²) in [5.41, 5.74) is 0.485. The summed E-state index contributed by atoms with van der Waals surface area (Å²) in [6.07, 6.45) is 6.70. The van der Waals surface area contributed by atoms with Gasteiger partial charge in [-0.25, -0.2) is 9.97 Å². The van der Waals surface area contributed by atoms with Crippen LogP contribution in [0.3, 0.4) is 0 Å². The lowest BCUT2D eigenvalue weighted by Gasteiger charge is -2.28. The van der Waals surface area contributed by atoms with Gasteiger partial charge in [-0.3, -0.25) is 0 Å². The smallest absolute Gasteiger partial charge is 0.131 e. The Balaban J connectivity index is 2.03.